The molecule has 1 heterocycles. The minimum Gasteiger partial charge on any atom is -0.480 e. The molecule has 3 aromatic rings. The number of fused-ring (bicyclic) bond motifs is 1. The lowest BCUT2D eigenvalue weighted by atomic mass is 10.0. The lowest BCUT2D eigenvalue weighted by molar-refractivity contribution is -0.384. The molecular weight excluding hydrogens is 338 g/mol. The lowest BCUT2D eigenvalue weighted by Gasteiger charge is -2.16. The maximum atomic E-state index is 11.7. The highest BCUT2D eigenvalue weighted by molar-refractivity contribution is 5.89. The smallest absolute Gasteiger partial charge is 0.326 e. The number of aldehydes is 1. The Morgan fingerprint density at radius 2 is 2.08 bits per heavy atom. The normalized spacial score (nSPS) is 11.8. The first-order valence-corrected chi connectivity index (χ1v) is 7.77. The molecule has 0 aliphatic carbocycles. The standard InChI is InChI=1S/C18H15N3O5/c22-10-12-7-13(21(25)26)5-6-15(12)20-17(18(23)24)8-11-9-19-16-4-2-1-3-14(11)16/h1-7,9-10,17,19-20H,8H2,(H,23,24). The molecule has 8 nitrogen and oxygen atoms in total. The van der Waals surface area contributed by atoms with Crippen LogP contribution in [0.5, 0.6) is 0 Å². The van der Waals surface area contributed by atoms with E-state index in [0.29, 0.717) is 6.29 Å². The number of nitro groups is 1. The van der Waals surface area contributed by atoms with Gasteiger partial charge in [-0.2, -0.15) is 0 Å². The highest BCUT2D eigenvalue weighted by Gasteiger charge is 2.21. The highest BCUT2D eigenvalue weighted by atomic mass is 16.6. The van der Waals surface area contributed by atoms with Gasteiger partial charge >= 0.3 is 5.97 Å². The van der Waals surface area contributed by atoms with E-state index < -0.39 is 16.9 Å². The molecule has 0 saturated carbocycles. The van der Waals surface area contributed by atoms with E-state index in [-0.39, 0.29) is 23.4 Å². The van der Waals surface area contributed by atoms with Crippen LogP contribution < -0.4 is 5.32 Å². The molecule has 26 heavy (non-hydrogen) atoms. The number of anilines is 1. The third kappa shape index (κ3) is 3.39. The van der Waals surface area contributed by atoms with Crippen molar-refractivity contribution in [3.8, 4) is 0 Å². The van der Waals surface area contributed by atoms with Crippen LogP contribution in [0.1, 0.15) is 15.9 Å². The first kappa shape index (κ1) is 17.2. The first-order valence-electron chi connectivity index (χ1n) is 7.77. The number of hydrogen-bond acceptors (Lipinski definition) is 5. The number of non-ortho nitro benzene ring substituents is 1. The maximum Gasteiger partial charge on any atom is 0.326 e. The summed E-state index contributed by atoms with van der Waals surface area (Å²) in [5, 5.41) is 24.1. The molecule has 1 unspecified atom stereocenters. The van der Waals surface area contributed by atoms with E-state index in [4.69, 9.17) is 0 Å². The van der Waals surface area contributed by atoms with Crippen LogP contribution in [0.4, 0.5) is 11.4 Å². The van der Waals surface area contributed by atoms with Gasteiger partial charge in [-0.25, -0.2) is 4.79 Å². The van der Waals surface area contributed by atoms with E-state index in [2.05, 4.69) is 10.3 Å². The Labute approximate surface area is 147 Å². The Morgan fingerprint density at radius 3 is 2.77 bits per heavy atom. The fraction of sp³-hybridized carbons (Fsp3) is 0.111. The summed E-state index contributed by atoms with van der Waals surface area (Å²) in [4.78, 5) is 36.2. The van der Waals surface area contributed by atoms with Crippen molar-refractivity contribution in [2.45, 2.75) is 12.5 Å². The molecule has 1 aromatic heterocycles. The summed E-state index contributed by atoms with van der Waals surface area (Å²) in [5.41, 5.74) is 1.74. The number of hydrogen-bond donors (Lipinski definition) is 3. The van der Waals surface area contributed by atoms with Crippen molar-refractivity contribution in [1.29, 1.82) is 0 Å². The van der Waals surface area contributed by atoms with E-state index in [1.807, 2.05) is 24.3 Å². The van der Waals surface area contributed by atoms with Gasteiger partial charge in [0, 0.05) is 46.9 Å². The van der Waals surface area contributed by atoms with Gasteiger partial charge in [0.25, 0.3) is 5.69 Å². The minimum atomic E-state index is -1.09. The monoisotopic (exact) mass is 353 g/mol. The maximum absolute atomic E-state index is 11.7. The van der Waals surface area contributed by atoms with Crippen LogP contribution in [-0.4, -0.2) is 33.3 Å². The molecule has 8 heteroatoms. The Balaban J connectivity index is 1.89. The second-order valence-corrected chi connectivity index (χ2v) is 5.75. The second-order valence-electron chi connectivity index (χ2n) is 5.75. The van der Waals surface area contributed by atoms with Crippen molar-refractivity contribution >= 4 is 34.5 Å². The molecule has 3 N–H and O–H groups in total. The number of carbonyl (C=O) groups excluding carboxylic acids is 1. The summed E-state index contributed by atoms with van der Waals surface area (Å²) in [6, 6.07) is 10.2. The summed E-state index contributed by atoms with van der Waals surface area (Å²) in [5.74, 6) is -1.09. The average molecular weight is 353 g/mol. The number of carboxylic acid groups (broad SMARTS) is 1. The average Bonchev–Trinajstić information content (AvgIpc) is 3.04. The topological polar surface area (TPSA) is 125 Å². The minimum absolute atomic E-state index is 0.0318. The third-order valence-electron chi connectivity index (χ3n) is 4.10. The van der Waals surface area contributed by atoms with Gasteiger partial charge < -0.3 is 15.4 Å². The molecule has 0 fully saturated rings. The van der Waals surface area contributed by atoms with Gasteiger partial charge in [-0.05, 0) is 17.7 Å². The fourth-order valence-corrected chi connectivity index (χ4v) is 2.80. The molecule has 0 aliphatic rings. The van der Waals surface area contributed by atoms with Crippen molar-refractivity contribution in [2.75, 3.05) is 5.32 Å². The molecule has 0 aliphatic heterocycles. The van der Waals surface area contributed by atoms with Crippen LogP contribution in [0.15, 0.2) is 48.7 Å². The van der Waals surface area contributed by atoms with Crippen LogP contribution in [0.2, 0.25) is 0 Å². The van der Waals surface area contributed by atoms with E-state index >= 15 is 0 Å². The SMILES string of the molecule is O=Cc1cc([N+](=O)[O-])ccc1NC(Cc1c[nH]c2ccccc12)C(=O)O. The molecule has 1 atom stereocenters. The molecule has 0 bridgehead atoms. The lowest BCUT2D eigenvalue weighted by Crippen LogP contribution is -2.31. The molecule has 0 spiro atoms. The predicted octanol–water partition coefficient (Wildman–Crippen LogP) is 3.00. The first-order chi connectivity index (χ1) is 12.5. The number of rotatable bonds is 7. The fourth-order valence-electron chi connectivity index (χ4n) is 2.80. The number of nitro benzene ring substituents is 1. The highest BCUT2D eigenvalue weighted by Crippen LogP contribution is 2.24. The zero-order valence-electron chi connectivity index (χ0n) is 13.5. The Morgan fingerprint density at radius 1 is 1.31 bits per heavy atom. The zero-order chi connectivity index (χ0) is 18.7. The van der Waals surface area contributed by atoms with Gasteiger partial charge in [0.05, 0.1) is 4.92 Å². The number of aromatic nitrogens is 1. The van der Waals surface area contributed by atoms with Gasteiger partial charge in [-0.15, -0.1) is 0 Å². The molecule has 2 aromatic carbocycles. The van der Waals surface area contributed by atoms with Crippen LogP contribution in [0.3, 0.4) is 0 Å². The number of nitrogens with one attached hydrogen (secondary N) is 2. The number of para-hydroxylation sites is 1. The van der Waals surface area contributed by atoms with Crippen molar-refractivity contribution in [1.82, 2.24) is 4.98 Å². The van der Waals surface area contributed by atoms with Crippen molar-refractivity contribution in [3.05, 3.63) is 69.9 Å². The number of carbonyl (C=O) groups is 2. The number of benzene rings is 2. The molecule has 3 rings (SSSR count). The van der Waals surface area contributed by atoms with Crippen molar-refractivity contribution < 1.29 is 19.6 Å². The van der Waals surface area contributed by atoms with Gasteiger partial charge in [0.2, 0.25) is 0 Å². The third-order valence-corrected chi connectivity index (χ3v) is 4.10. The van der Waals surface area contributed by atoms with Gasteiger partial charge in [-0.1, -0.05) is 18.2 Å². The van der Waals surface area contributed by atoms with E-state index in [9.17, 15) is 24.8 Å². The Kier molecular flexibility index (Phi) is 4.66. The zero-order valence-corrected chi connectivity index (χ0v) is 13.5. The second kappa shape index (κ2) is 7.06. The number of aliphatic carboxylic acids is 1. The van der Waals surface area contributed by atoms with Crippen LogP contribution >= 0.6 is 0 Å². The Hall–Kier alpha value is -3.68. The van der Waals surface area contributed by atoms with Crippen LogP contribution in [0, 0.1) is 10.1 Å². The summed E-state index contributed by atoms with van der Waals surface area (Å²) in [6.45, 7) is 0. The van der Waals surface area contributed by atoms with Crippen LogP contribution in [0.25, 0.3) is 10.9 Å². The molecular formula is C18H15N3O5. The van der Waals surface area contributed by atoms with Crippen LogP contribution in [-0.2, 0) is 11.2 Å². The summed E-state index contributed by atoms with van der Waals surface area (Å²) >= 11 is 0. The molecule has 0 radical (unpaired) electrons. The van der Waals surface area contributed by atoms with E-state index in [1.54, 1.807) is 6.20 Å². The van der Waals surface area contributed by atoms with Gasteiger partial charge in [0.15, 0.2) is 6.29 Å². The Bertz CT molecular complexity index is 995. The summed E-state index contributed by atoms with van der Waals surface area (Å²) < 4.78 is 0. The largest absolute Gasteiger partial charge is 0.480 e. The van der Waals surface area contributed by atoms with E-state index in [1.165, 1.54) is 12.1 Å². The number of carboxylic acids is 1. The predicted molar refractivity (Wildman–Crippen MR) is 95.5 cm³/mol. The number of H-pyrrole nitrogens is 1. The molecule has 132 valence electrons. The number of nitrogens with zero attached hydrogens (tertiary/aromatic N) is 1. The quantitative estimate of drug-likeness (QED) is 0.341. The van der Waals surface area contributed by atoms with Gasteiger partial charge in [0.1, 0.15) is 6.04 Å². The molecule has 0 saturated heterocycles. The van der Waals surface area contributed by atoms with Crippen molar-refractivity contribution in [2.24, 2.45) is 0 Å². The number of aromatic amines is 1. The van der Waals surface area contributed by atoms with E-state index in [0.717, 1.165) is 22.5 Å². The molecule has 0 amide bonds. The van der Waals surface area contributed by atoms with Gasteiger partial charge in [-0.3, -0.25) is 14.9 Å². The summed E-state index contributed by atoms with van der Waals surface area (Å²) in [6.07, 6.45) is 2.38. The summed E-state index contributed by atoms with van der Waals surface area (Å²) in [7, 11) is 0. The van der Waals surface area contributed by atoms with Crippen molar-refractivity contribution in [3.63, 3.8) is 0 Å².